The van der Waals surface area contributed by atoms with E-state index in [0.717, 1.165) is 21.9 Å². The number of aryl methyl sites for hydroxylation is 2. The highest BCUT2D eigenvalue weighted by Gasteiger charge is 2.23. The van der Waals surface area contributed by atoms with Crippen LogP contribution in [0.3, 0.4) is 0 Å². The Morgan fingerprint density at radius 2 is 2.00 bits per heavy atom. The SMILES string of the molecule is CCC(C(=O)Nc1nnc(CC(C)C)s1)n1cnc2sc(C)c(C)c2c1=O. The molecule has 0 radical (unpaired) electrons. The van der Waals surface area contributed by atoms with Crippen molar-refractivity contribution in [2.24, 2.45) is 5.92 Å². The number of amides is 1. The van der Waals surface area contributed by atoms with Gasteiger partial charge >= 0.3 is 0 Å². The van der Waals surface area contributed by atoms with Crippen molar-refractivity contribution in [3.63, 3.8) is 0 Å². The molecule has 3 rings (SSSR count). The standard InChI is InChI=1S/C18H23N5O2S2/c1-6-12(15(24)20-18-22-21-13(27-18)7-9(2)3)23-8-19-16-14(17(23)25)10(4)11(5)26-16/h8-9,12H,6-7H2,1-5H3,(H,20,22,24). The summed E-state index contributed by atoms with van der Waals surface area (Å²) in [6.45, 7) is 9.98. The number of fused-ring (bicyclic) bond motifs is 1. The molecule has 9 heteroatoms. The first-order valence-electron chi connectivity index (χ1n) is 8.91. The third kappa shape index (κ3) is 3.93. The van der Waals surface area contributed by atoms with E-state index in [1.165, 1.54) is 33.6 Å². The van der Waals surface area contributed by atoms with Gasteiger partial charge in [-0.05, 0) is 31.7 Å². The van der Waals surface area contributed by atoms with Crippen LogP contribution in [0, 0.1) is 19.8 Å². The molecule has 3 aromatic rings. The average molecular weight is 406 g/mol. The number of nitrogens with one attached hydrogen (secondary N) is 1. The fourth-order valence-corrected chi connectivity index (χ4v) is 4.85. The van der Waals surface area contributed by atoms with Crippen molar-refractivity contribution >= 4 is 43.9 Å². The molecule has 1 N–H and O–H groups in total. The molecule has 1 amide bonds. The number of carbonyl (C=O) groups excluding carboxylic acids is 1. The lowest BCUT2D eigenvalue weighted by atomic mass is 10.1. The molecule has 3 heterocycles. The van der Waals surface area contributed by atoms with E-state index < -0.39 is 6.04 Å². The highest BCUT2D eigenvalue weighted by atomic mass is 32.1. The van der Waals surface area contributed by atoms with Gasteiger partial charge in [0.1, 0.15) is 15.9 Å². The predicted octanol–water partition coefficient (Wildman–Crippen LogP) is 3.71. The summed E-state index contributed by atoms with van der Waals surface area (Å²) in [6.07, 6.45) is 2.76. The first kappa shape index (κ1) is 19.6. The molecule has 1 unspecified atom stereocenters. The number of hydrogen-bond acceptors (Lipinski definition) is 7. The van der Waals surface area contributed by atoms with Crippen molar-refractivity contribution < 1.29 is 4.79 Å². The minimum Gasteiger partial charge on any atom is -0.299 e. The zero-order valence-electron chi connectivity index (χ0n) is 16.1. The first-order valence-corrected chi connectivity index (χ1v) is 10.5. The van der Waals surface area contributed by atoms with E-state index in [-0.39, 0.29) is 11.5 Å². The fourth-order valence-electron chi connectivity index (χ4n) is 2.90. The number of hydrogen-bond donors (Lipinski definition) is 1. The number of rotatable bonds is 6. The molecule has 0 saturated heterocycles. The summed E-state index contributed by atoms with van der Waals surface area (Å²) in [5.41, 5.74) is 0.751. The van der Waals surface area contributed by atoms with Crippen LogP contribution in [0.4, 0.5) is 5.13 Å². The maximum absolute atomic E-state index is 13.0. The monoisotopic (exact) mass is 405 g/mol. The smallest absolute Gasteiger partial charge is 0.263 e. The maximum atomic E-state index is 13.0. The third-order valence-corrected chi connectivity index (χ3v) is 6.40. The topological polar surface area (TPSA) is 89.8 Å². The van der Waals surface area contributed by atoms with E-state index in [2.05, 4.69) is 34.3 Å². The van der Waals surface area contributed by atoms with Crippen LogP contribution in [-0.4, -0.2) is 25.7 Å². The second-order valence-corrected chi connectivity index (χ2v) is 9.20. The van der Waals surface area contributed by atoms with Crippen LogP contribution in [0.5, 0.6) is 0 Å². The van der Waals surface area contributed by atoms with Crippen molar-refractivity contribution in [2.45, 2.75) is 53.5 Å². The van der Waals surface area contributed by atoms with Gasteiger partial charge in [0.25, 0.3) is 5.56 Å². The Hall–Kier alpha value is -2.13. The average Bonchev–Trinajstić information content (AvgIpc) is 3.14. The molecule has 144 valence electrons. The Balaban J connectivity index is 1.88. The fraction of sp³-hybridized carbons (Fsp3) is 0.500. The molecule has 0 fully saturated rings. The Labute approximate surface area is 165 Å². The number of anilines is 1. The molecule has 0 aliphatic rings. The van der Waals surface area contributed by atoms with Gasteiger partial charge in [-0.1, -0.05) is 32.1 Å². The summed E-state index contributed by atoms with van der Waals surface area (Å²) in [5.74, 6) is 0.191. The van der Waals surface area contributed by atoms with E-state index in [9.17, 15) is 9.59 Å². The lowest BCUT2D eigenvalue weighted by Gasteiger charge is -2.16. The van der Waals surface area contributed by atoms with Gasteiger partial charge < -0.3 is 0 Å². The lowest BCUT2D eigenvalue weighted by molar-refractivity contribution is -0.119. The summed E-state index contributed by atoms with van der Waals surface area (Å²) >= 11 is 2.87. The Bertz CT molecular complexity index is 1030. The van der Waals surface area contributed by atoms with Gasteiger partial charge in [-0.15, -0.1) is 21.5 Å². The van der Waals surface area contributed by atoms with E-state index in [4.69, 9.17) is 0 Å². The summed E-state index contributed by atoms with van der Waals surface area (Å²) in [5, 5.41) is 12.9. The van der Waals surface area contributed by atoms with Crippen LogP contribution < -0.4 is 10.9 Å². The molecule has 27 heavy (non-hydrogen) atoms. The minimum atomic E-state index is -0.647. The molecule has 0 spiro atoms. The largest absolute Gasteiger partial charge is 0.299 e. The van der Waals surface area contributed by atoms with Gasteiger partial charge in [-0.25, -0.2) is 4.98 Å². The molecule has 7 nitrogen and oxygen atoms in total. The maximum Gasteiger partial charge on any atom is 0.263 e. The van der Waals surface area contributed by atoms with Crippen LogP contribution in [0.1, 0.15) is 48.7 Å². The third-order valence-electron chi connectivity index (χ3n) is 4.42. The van der Waals surface area contributed by atoms with Crippen molar-refractivity contribution in [3.8, 4) is 0 Å². The van der Waals surface area contributed by atoms with Crippen molar-refractivity contribution in [3.05, 3.63) is 32.1 Å². The van der Waals surface area contributed by atoms with E-state index in [1.54, 1.807) is 0 Å². The van der Waals surface area contributed by atoms with Gasteiger partial charge in [-0.2, -0.15) is 0 Å². The second kappa shape index (κ2) is 7.85. The molecule has 3 aromatic heterocycles. The zero-order valence-corrected chi connectivity index (χ0v) is 17.7. The van der Waals surface area contributed by atoms with Crippen LogP contribution in [0.25, 0.3) is 10.2 Å². The number of aromatic nitrogens is 4. The van der Waals surface area contributed by atoms with Crippen molar-refractivity contribution in [1.29, 1.82) is 0 Å². The molecule has 0 aromatic carbocycles. The van der Waals surface area contributed by atoms with Gasteiger partial charge in [0, 0.05) is 11.3 Å². The van der Waals surface area contributed by atoms with E-state index in [0.29, 0.717) is 27.7 Å². The van der Waals surface area contributed by atoms with E-state index in [1.807, 2.05) is 20.8 Å². The highest BCUT2D eigenvalue weighted by molar-refractivity contribution is 7.18. The normalized spacial score (nSPS) is 12.7. The van der Waals surface area contributed by atoms with Crippen LogP contribution in [0.2, 0.25) is 0 Å². The van der Waals surface area contributed by atoms with Crippen molar-refractivity contribution in [2.75, 3.05) is 5.32 Å². The minimum absolute atomic E-state index is 0.179. The number of carbonyl (C=O) groups is 1. The summed E-state index contributed by atoms with van der Waals surface area (Å²) in [4.78, 5) is 31.9. The Kier molecular flexibility index (Phi) is 5.71. The van der Waals surface area contributed by atoms with Crippen LogP contribution in [0.15, 0.2) is 11.1 Å². The molecule has 1 atom stereocenters. The summed E-state index contributed by atoms with van der Waals surface area (Å²) < 4.78 is 1.42. The quantitative estimate of drug-likeness (QED) is 0.675. The van der Waals surface area contributed by atoms with Crippen LogP contribution >= 0.6 is 22.7 Å². The van der Waals surface area contributed by atoms with E-state index >= 15 is 0 Å². The summed E-state index contributed by atoms with van der Waals surface area (Å²) in [6, 6.07) is -0.647. The van der Waals surface area contributed by atoms with Gasteiger partial charge in [0.15, 0.2) is 0 Å². The lowest BCUT2D eigenvalue weighted by Crippen LogP contribution is -2.33. The molecule has 0 aliphatic carbocycles. The molecular formula is C18H23N5O2S2. The molecule has 0 saturated carbocycles. The number of nitrogens with zero attached hydrogens (tertiary/aromatic N) is 4. The van der Waals surface area contributed by atoms with Gasteiger partial charge in [0.2, 0.25) is 11.0 Å². The first-order chi connectivity index (χ1) is 12.8. The Morgan fingerprint density at radius 1 is 1.26 bits per heavy atom. The van der Waals surface area contributed by atoms with Gasteiger partial charge in [-0.3, -0.25) is 19.5 Å². The highest BCUT2D eigenvalue weighted by Crippen LogP contribution is 2.26. The summed E-state index contributed by atoms with van der Waals surface area (Å²) in [7, 11) is 0. The van der Waals surface area contributed by atoms with Gasteiger partial charge in [0.05, 0.1) is 11.7 Å². The second-order valence-electron chi connectivity index (χ2n) is 6.93. The van der Waals surface area contributed by atoms with Crippen LogP contribution in [-0.2, 0) is 11.2 Å². The Morgan fingerprint density at radius 3 is 2.67 bits per heavy atom. The molecule has 0 aliphatic heterocycles. The van der Waals surface area contributed by atoms with Crippen molar-refractivity contribution in [1.82, 2.24) is 19.7 Å². The number of thiophene rings is 1. The molecule has 0 bridgehead atoms. The predicted molar refractivity (Wildman–Crippen MR) is 110 cm³/mol. The zero-order chi connectivity index (χ0) is 19.7. The molecular weight excluding hydrogens is 382 g/mol.